The van der Waals surface area contributed by atoms with Crippen LogP contribution >= 0.6 is 0 Å². The molecule has 0 atom stereocenters. The first-order valence-electron chi connectivity index (χ1n) is 20.0. The molecular weight excluding hydrogens is 737 g/mol. The molecule has 0 bridgehead atoms. The highest BCUT2D eigenvalue weighted by molar-refractivity contribution is 6.21. The van der Waals surface area contributed by atoms with Crippen LogP contribution in [0.15, 0.2) is 203 Å². The summed E-state index contributed by atoms with van der Waals surface area (Å²) in [6.45, 7) is 0. The van der Waals surface area contributed by atoms with E-state index in [1.807, 2.05) is 91.0 Å². The molecule has 280 valence electrons. The number of aromatic nitrogens is 4. The van der Waals surface area contributed by atoms with E-state index < -0.39 is 0 Å². The third kappa shape index (κ3) is 5.73. The Morgan fingerprint density at radius 1 is 0.283 bits per heavy atom. The zero-order valence-electron chi connectivity index (χ0n) is 32.1. The Kier molecular flexibility index (Phi) is 7.74. The molecule has 0 radical (unpaired) electrons. The smallest absolute Gasteiger partial charge is 0.164 e. The summed E-state index contributed by atoms with van der Waals surface area (Å²) in [5.41, 5.74) is 13.0. The maximum absolute atomic E-state index is 6.72. The minimum Gasteiger partial charge on any atom is -0.456 e. The molecule has 0 amide bonds. The Balaban J connectivity index is 1.01. The molecule has 0 aliphatic carbocycles. The molecule has 0 saturated carbocycles. The second-order valence-electron chi connectivity index (χ2n) is 15.0. The predicted molar refractivity (Wildman–Crippen MR) is 242 cm³/mol. The molecule has 12 aromatic rings. The van der Waals surface area contributed by atoms with Gasteiger partial charge in [-0.15, -0.1) is 0 Å². The van der Waals surface area contributed by atoms with Crippen molar-refractivity contribution in [2.45, 2.75) is 0 Å². The molecule has 6 heteroatoms. The van der Waals surface area contributed by atoms with E-state index in [1.165, 1.54) is 11.1 Å². The number of fused-ring (bicyclic) bond motifs is 8. The number of hydrogen-bond acceptors (Lipinski definition) is 6. The summed E-state index contributed by atoms with van der Waals surface area (Å²) in [6, 6.07) is 66.4. The predicted octanol–water partition coefficient (Wildman–Crippen LogP) is 14.2. The van der Waals surface area contributed by atoms with Crippen LogP contribution in [0.25, 0.3) is 122 Å². The van der Waals surface area contributed by atoms with Crippen LogP contribution in [0.3, 0.4) is 0 Å². The summed E-state index contributed by atoms with van der Waals surface area (Å²) in [5, 5.41) is 5.18. The second kappa shape index (κ2) is 13.7. The van der Waals surface area contributed by atoms with E-state index >= 15 is 0 Å². The average molecular weight is 769 g/mol. The first-order chi connectivity index (χ1) is 29.7. The van der Waals surface area contributed by atoms with Gasteiger partial charge in [-0.2, -0.15) is 0 Å². The van der Waals surface area contributed by atoms with Crippen LogP contribution < -0.4 is 0 Å². The maximum atomic E-state index is 6.72. The van der Waals surface area contributed by atoms with Crippen molar-refractivity contribution in [3.8, 4) is 67.7 Å². The van der Waals surface area contributed by atoms with E-state index in [-0.39, 0.29) is 0 Å². The molecule has 60 heavy (non-hydrogen) atoms. The molecule has 0 fully saturated rings. The minimum absolute atomic E-state index is 0.557. The first-order valence-corrected chi connectivity index (χ1v) is 20.0. The van der Waals surface area contributed by atoms with Crippen LogP contribution in [0, 0.1) is 0 Å². The van der Waals surface area contributed by atoms with Gasteiger partial charge >= 0.3 is 0 Å². The monoisotopic (exact) mass is 768 g/mol. The largest absolute Gasteiger partial charge is 0.456 e. The number of furan rings is 2. The number of para-hydroxylation sites is 2. The van der Waals surface area contributed by atoms with Crippen LogP contribution in [-0.2, 0) is 0 Å². The number of nitrogens with zero attached hydrogens (tertiary/aromatic N) is 4. The van der Waals surface area contributed by atoms with Gasteiger partial charge in [-0.3, -0.25) is 0 Å². The molecule has 6 nitrogen and oxygen atoms in total. The van der Waals surface area contributed by atoms with Crippen molar-refractivity contribution >= 4 is 54.8 Å². The van der Waals surface area contributed by atoms with Gasteiger partial charge in [-0.1, -0.05) is 140 Å². The van der Waals surface area contributed by atoms with Crippen LogP contribution in [0.4, 0.5) is 0 Å². The summed E-state index contributed by atoms with van der Waals surface area (Å²) < 4.78 is 12.9. The van der Waals surface area contributed by atoms with Crippen molar-refractivity contribution in [3.63, 3.8) is 0 Å². The first kappa shape index (κ1) is 33.9. The normalized spacial score (nSPS) is 11.7. The molecule has 0 aliphatic rings. The lowest BCUT2D eigenvalue weighted by Crippen LogP contribution is -2.00. The fourth-order valence-corrected chi connectivity index (χ4v) is 8.39. The van der Waals surface area contributed by atoms with E-state index in [0.29, 0.717) is 17.5 Å². The third-order valence-corrected chi connectivity index (χ3v) is 11.3. The van der Waals surface area contributed by atoms with Gasteiger partial charge in [0.1, 0.15) is 22.4 Å². The Morgan fingerprint density at radius 3 is 1.55 bits per heavy atom. The zero-order valence-corrected chi connectivity index (χ0v) is 32.1. The fourth-order valence-electron chi connectivity index (χ4n) is 8.39. The van der Waals surface area contributed by atoms with E-state index in [2.05, 4.69) is 103 Å². The lowest BCUT2D eigenvalue weighted by atomic mass is 9.96. The van der Waals surface area contributed by atoms with E-state index in [0.717, 1.165) is 93.9 Å². The summed E-state index contributed by atoms with van der Waals surface area (Å²) in [6.07, 6.45) is 0. The quantitative estimate of drug-likeness (QED) is 0.168. The Hall–Kier alpha value is -8.22. The summed E-state index contributed by atoms with van der Waals surface area (Å²) in [4.78, 5) is 20.5. The van der Waals surface area contributed by atoms with Gasteiger partial charge in [0.15, 0.2) is 23.1 Å². The molecule has 4 heterocycles. The van der Waals surface area contributed by atoms with E-state index in [9.17, 15) is 0 Å². The van der Waals surface area contributed by atoms with Gasteiger partial charge in [0, 0.05) is 49.2 Å². The topological polar surface area (TPSA) is 77.8 Å². The van der Waals surface area contributed by atoms with Gasteiger partial charge in [0.2, 0.25) is 0 Å². The maximum Gasteiger partial charge on any atom is 0.164 e. The standard InChI is InChI=1S/C54H32N4O2/c1-3-13-33(14-4-1)35-17-11-18-36(29-35)37-25-27-45-44(31-37)49-42-22-8-10-24-47(42)60-51(49)50(55-45)38-19-12-20-39(30-38)53-56-52(34-15-5-2-6-16-34)57-54(58-53)40-26-28-48-43(32-40)41-21-7-9-23-46(41)59-48/h1-32H. The molecule has 0 aliphatic heterocycles. The summed E-state index contributed by atoms with van der Waals surface area (Å²) in [7, 11) is 0. The van der Waals surface area contributed by atoms with Crippen molar-refractivity contribution in [2.75, 3.05) is 0 Å². The summed E-state index contributed by atoms with van der Waals surface area (Å²) in [5.74, 6) is 1.72. The van der Waals surface area contributed by atoms with Crippen molar-refractivity contribution in [1.29, 1.82) is 0 Å². The average Bonchev–Trinajstić information content (AvgIpc) is 3.91. The second-order valence-corrected chi connectivity index (χ2v) is 15.0. The van der Waals surface area contributed by atoms with Crippen molar-refractivity contribution in [2.24, 2.45) is 0 Å². The van der Waals surface area contributed by atoms with Crippen LogP contribution in [0.5, 0.6) is 0 Å². The number of benzene rings is 8. The minimum atomic E-state index is 0.557. The molecule has 12 rings (SSSR count). The van der Waals surface area contributed by atoms with Crippen LogP contribution in [0.2, 0.25) is 0 Å². The molecule has 0 saturated heterocycles. The Morgan fingerprint density at radius 2 is 0.783 bits per heavy atom. The van der Waals surface area contributed by atoms with Crippen molar-refractivity contribution in [1.82, 2.24) is 19.9 Å². The van der Waals surface area contributed by atoms with Gasteiger partial charge in [-0.25, -0.2) is 19.9 Å². The lowest BCUT2D eigenvalue weighted by molar-refractivity contribution is 0.668. The molecule has 8 aromatic carbocycles. The van der Waals surface area contributed by atoms with Crippen molar-refractivity contribution in [3.05, 3.63) is 194 Å². The summed E-state index contributed by atoms with van der Waals surface area (Å²) >= 11 is 0. The number of rotatable bonds is 6. The van der Waals surface area contributed by atoms with E-state index in [1.54, 1.807) is 0 Å². The Bertz CT molecular complexity index is 3610. The van der Waals surface area contributed by atoms with Gasteiger partial charge in [-0.05, 0) is 76.9 Å². The molecule has 4 aromatic heterocycles. The fraction of sp³-hybridized carbons (Fsp3) is 0. The third-order valence-electron chi connectivity index (χ3n) is 11.3. The van der Waals surface area contributed by atoms with E-state index in [4.69, 9.17) is 28.8 Å². The molecular formula is C54H32N4O2. The Labute approximate surface area is 344 Å². The molecule has 0 spiro atoms. The SMILES string of the molecule is c1ccc(-c2cccc(-c3ccc4nc(-c5cccc(-c6nc(-c7ccccc7)nc(-c7ccc8oc9ccccc9c8c7)n6)c5)c5oc6ccccc6c5c4c3)c2)cc1. The molecule has 0 N–H and O–H groups in total. The van der Waals surface area contributed by atoms with Crippen LogP contribution in [0.1, 0.15) is 0 Å². The van der Waals surface area contributed by atoms with Gasteiger partial charge < -0.3 is 8.83 Å². The van der Waals surface area contributed by atoms with Crippen molar-refractivity contribution < 1.29 is 8.83 Å². The highest BCUT2D eigenvalue weighted by atomic mass is 16.3. The molecule has 0 unspecified atom stereocenters. The van der Waals surface area contributed by atoms with Gasteiger partial charge in [0.05, 0.1) is 5.52 Å². The number of hydrogen-bond donors (Lipinski definition) is 0. The highest BCUT2D eigenvalue weighted by Gasteiger charge is 2.20. The lowest BCUT2D eigenvalue weighted by Gasteiger charge is -2.11. The zero-order chi connectivity index (χ0) is 39.6. The number of pyridine rings is 1. The van der Waals surface area contributed by atoms with Crippen LogP contribution in [-0.4, -0.2) is 19.9 Å². The highest BCUT2D eigenvalue weighted by Crippen LogP contribution is 2.41. The van der Waals surface area contributed by atoms with Gasteiger partial charge in [0.25, 0.3) is 0 Å².